The quantitative estimate of drug-likeness (QED) is 0.370. The molecule has 198 valence electrons. The number of carbonyl (C=O) groups excluding carboxylic acids is 2. The standard InChI is InChI=1S/C29H39N5O3/c1-20-9-12-23(13-10-20)30-28(36)33(15-8-16-37-7)19-27(35)31-26-18-25(29(4,5)6)32-34(26)24-14-11-21(2)17-22(24)3/h9-14,17-18H,8,15-16,19H2,1-7H3,(H,30,36)(H,31,35). The smallest absolute Gasteiger partial charge is 0.322 e. The zero-order valence-corrected chi connectivity index (χ0v) is 23.0. The van der Waals surface area contributed by atoms with Gasteiger partial charge in [0.05, 0.1) is 11.4 Å². The molecule has 0 saturated heterocycles. The van der Waals surface area contributed by atoms with E-state index in [0.717, 1.165) is 28.1 Å². The van der Waals surface area contributed by atoms with E-state index in [0.29, 0.717) is 31.1 Å². The molecule has 8 heteroatoms. The molecule has 3 rings (SSSR count). The Bertz CT molecular complexity index is 1230. The summed E-state index contributed by atoms with van der Waals surface area (Å²) < 4.78 is 6.93. The first-order valence-corrected chi connectivity index (χ1v) is 12.6. The highest BCUT2D eigenvalue weighted by Gasteiger charge is 2.23. The largest absolute Gasteiger partial charge is 0.385 e. The molecule has 3 amide bonds. The summed E-state index contributed by atoms with van der Waals surface area (Å²) in [5, 5.41) is 10.7. The van der Waals surface area contributed by atoms with Crippen molar-refractivity contribution in [3.63, 3.8) is 0 Å². The van der Waals surface area contributed by atoms with Gasteiger partial charge in [-0.25, -0.2) is 9.48 Å². The molecule has 0 fully saturated rings. The maximum absolute atomic E-state index is 13.2. The number of methoxy groups -OCH3 is 1. The highest BCUT2D eigenvalue weighted by molar-refractivity contribution is 5.96. The average Bonchev–Trinajstić information content (AvgIpc) is 3.24. The molecule has 1 aromatic heterocycles. The topological polar surface area (TPSA) is 88.5 Å². The number of aryl methyl sites for hydroxylation is 3. The predicted molar refractivity (Wildman–Crippen MR) is 149 cm³/mol. The lowest BCUT2D eigenvalue weighted by Gasteiger charge is -2.23. The lowest BCUT2D eigenvalue weighted by atomic mass is 9.92. The van der Waals surface area contributed by atoms with Gasteiger partial charge in [-0.2, -0.15) is 5.10 Å². The summed E-state index contributed by atoms with van der Waals surface area (Å²) in [5.41, 5.74) is 5.53. The summed E-state index contributed by atoms with van der Waals surface area (Å²) in [6, 6.07) is 15.2. The molecule has 8 nitrogen and oxygen atoms in total. The minimum atomic E-state index is -0.339. The number of benzene rings is 2. The second kappa shape index (κ2) is 12.1. The van der Waals surface area contributed by atoms with Gasteiger partial charge in [0.25, 0.3) is 0 Å². The Morgan fingerprint density at radius 2 is 1.65 bits per heavy atom. The number of ether oxygens (including phenoxy) is 1. The molecule has 0 unspecified atom stereocenters. The van der Waals surface area contributed by atoms with Crippen molar-refractivity contribution < 1.29 is 14.3 Å². The van der Waals surface area contributed by atoms with E-state index in [9.17, 15) is 9.59 Å². The molecule has 0 aliphatic carbocycles. The number of nitrogens with zero attached hydrogens (tertiary/aromatic N) is 3. The molecule has 0 saturated carbocycles. The van der Waals surface area contributed by atoms with E-state index < -0.39 is 0 Å². The van der Waals surface area contributed by atoms with Crippen molar-refractivity contribution in [2.75, 3.05) is 37.4 Å². The number of nitrogens with one attached hydrogen (secondary N) is 2. The SMILES string of the molecule is COCCCN(CC(=O)Nc1cc(C(C)(C)C)nn1-c1ccc(C)cc1C)C(=O)Nc1ccc(C)cc1. The number of urea groups is 1. The summed E-state index contributed by atoms with van der Waals surface area (Å²) in [5.74, 6) is 0.264. The van der Waals surface area contributed by atoms with Gasteiger partial charge in [0.15, 0.2) is 0 Å². The number of anilines is 2. The fraction of sp³-hybridized carbons (Fsp3) is 0.414. The molecule has 0 aliphatic rings. The van der Waals surface area contributed by atoms with Crippen LogP contribution in [0.25, 0.3) is 5.69 Å². The van der Waals surface area contributed by atoms with Gasteiger partial charge in [0, 0.05) is 37.4 Å². The van der Waals surface area contributed by atoms with Gasteiger partial charge in [0.2, 0.25) is 5.91 Å². The van der Waals surface area contributed by atoms with Crippen LogP contribution in [-0.2, 0) is 14.9 Å². The van der Waals surface area contributed by atoms with Gasteiger partial charge in [-0.1, -0.05) is 56.2 Å². The van der Waals surface area contributed by atoms with Crippen LogP contribution in [-0.4, -0.2) is 53.4 Å². The van der Waals surface area contributed by atoms with Crippen LogP contribution in [0.5, 0.6) is 0 Å². The Kier molecular flexibility index (Phi) is 9.10. The van der Waals surface area contributed by atoms with Crippen LogP contribution in [0.15, 0.2) is 48.5 Å². The summed E-state index contributed by atoms with van der Waals surface area (Å²) in [6.45, 7) is 13.1. The van der Waals surface area contributed by atoms with Gasteiger partial charge in [-0.05, 0) is 51.0 Å². The van der Waals surface area contributed by atoms with Gasteiger partial charge < -0.3 is 20.3 Å². The third-order valence-electron chi connectivity index (χ3n) is 6.03. The number of rotatable bonds is 9. The molecule has 2 N–H and O–H groups in total. The number of carbonyl (C=O) groups is 2. The summed E-state index contributed by atoms with van der Waals surface area (Å²) >= 11 is 0. The zero-order chi connectivity index (χ0) is 27.2. The Labute approximate surface area is 220 Å². The first-order valence-electron chi connectivity index (χ1n) is 12.6. The molecule has 0 aliphatic heterocycles. The fourth-order valence-electron chi connectivity index (χ4n) is 3.91. The van der Waals surface area contributed by atoms with E-state index in [1.54, 1.807) is 11.8 Å². The first kappa shape index (κ1) is 27.9. The summed E-state index contributed by atoms with van der Waals surface area (Å²) in [4.78, 5) is 27.8. The molecule has 37 heavy (non-hydrogen) atoms. The van der Waals surface area contributed by atoms with Crippen LogP contribution in [0.2, 0.25) is 0 Å². The van der Waals surface area contributed by atoms with Crippen molar-refractivity contribution in [2.24, 2.45) is 0 Å². The van der Waals surface area contributed by atoms with Gasteiger partial charge >= 0.3 is 6.03 Å². The average molecular weight is 506 g/mol. The molecule has 0 radical (unpaired) electrons. The van der Waals surface area contributed by atoms with E-state index >= 15 is 0 Å². The van der Waals surface area contributed by atoms with E-state index in [4.69, 9.17) is 9.84 Å². The molecule has 0 spiro atoms. The highest BCUT2D eigenvalue weighted by Crippen LogP contribution is 2.28. The van der Waals surface area contributed by atoms with Crippen LogP contribution in [0.4, 0.5) is 16.3 Å². The molecular weight excluding hydrogens is 466 g/mol. The van der Waals surface area contributed by atoms with Crippen LogP contribution in [0.1, 0.15) is 49.6 Å². The summed E-state index contributed by atoms with van der Waals surface area (Å²) in [7, 11) is 1.62. The lowest BCUT2D eigenvalue weighted by molar-refractivity contribution is -0.116. The molecule has 1 heterocycles. The molecule has 2 aromatic carbocycles. The lowest BCUT2D eigenvalue weighted by Crippen LogP contribution is -2.41. The third kappa shape index (κ3) is 7.67. The second-order valence-corrected chi connectivity index (χ2v) is 10.5. The molecular formula is C29H39N5O3. The van der Waals surface area contributed by atoms with Crippen LogP contribution >= 0.6 is 0 Å². The third-order valence-corrected chi connectivity index (χ3v) is 6.03. The van der Waals surface area contributed by atoms with Gasteiger partial charge in [-0.15, -0.1) is 0 Å². The Morgan fingerprint density at radius 1 is 0.973 bits per heavy atom. The van der Waals surface area contributed by atoms with Crippen molar-refractivity contribution in [1.29, 1.82) is 0 Å². The monoisotopic (exact) mass is 505 g/mol. The number of hydrogen-bond acceptors (Lipinski definition) is 4. The zero-order valence-electron chi connectivity index (χ0n) is 23.0. The number of aromatic nitrogens is 2. The Hall–Kier alpha value is -3.65. The molecule has 0 atom stereocenters. The van der Waals surface area contributed by atoms with E-state index in [2.05, 4.69) is 37.5 Å². The second-order valence-electron chi connectivity index (χ2n) is 10.5. The maximum atomic E-state index is 13.2. The minimum Gasteiger partial charge on any atom is -0.385 e. The predicted octanol–water partition coefficient (Wildman–Crippen LogP) is 5.60. The van der Waals surface area contributed by atoms with Crippen molar-refractivity contribution in [2.45, 2.75) is 53.4 Å². The normalized spacial score (nSPS) is 11.3. The van der Waals surface area contributed by atoms with Gasteiger partial charge in [-0.3, -0.25) is 4.79 Å². The molecule has 0 bridgehead atoms. The number of amides is 3. The van der Waals surface area contributed by atoms with Crippen molar-refractivity contribution in [1.82, 2.24) is 14.7 Å². The molecule has 3 aromatic rings. The van der Waals surface area contributed by atoms with E-state index in [1.807, 2.05) is 63.2 Å². The summed E-state index contributed by atoms with van der Waals surface area (Å²) in [6.07, 6.45) is 0.611. The number of hydrogen-bond donors (Lipinski definition) is 2. The first-order chi connectivity index (χ1) is 17.5. The Balaban J connectivity index is 1.83. The van der Waals surface area contributed by atoms with Crippen LogP contribution < -0.4 is 10.6 Å². The van der Waals surface area contributed by atoms with Crippen molar-refractivity contribution in [3.8, 4) is 5.69 Å². The van der Waals surface area contributed by atoms with Crippen LogP contribution in [0, 0.1) is 20.8 Å². The van der Waals surface area contributed by atoms with E-state index in [-0.39, 0.29) is 23.9 Å². The Morgan fingerprint density at radius 3 is 2.27 bits per heavy atom. The van der Waals surface area contributed by atoms with Gasteiger partial charge in [0.1, 0.15) is 12.4 Å². The van der Waals surface area contributed by atoms with Crippen LogP contribution in [0.3, 0.4) is 0 Å². The van der Waals surface area contributed by atoms with Crippen molar-refractivity contribution in [3.05, 3.63) is 70.9 Å². The minimum absolute atomic E-state index is 0.107. The highest BCUT2D eigenvalue weighted by atomic mass is 16.5. The fourth-order valence-corrected chi connectivity index (χ4v) is 3.91. The van der Waals surface area contributed by atoms with E-state index in [1.165, 1.54) is 4.90 Å². The maximum Gasteiger partial charge on any atom is 0.322 e. The van der Waals surface area contributed by atoms with Crippen molar-refractivity contribution >= 4 is 23.4 Å².